The van der Waals surface area contributed by atoms with Crippen LogP contribution in [0.5, 0.6) is 5.75 Å². The molecule has 0 saturated carbocycles. The molecule has 2 nitrogen and oxygen atoms in total. The normalized spacial score (nSPS) is 10.1. The molecule has 1 radical (unpaired) electrons. The molecule has 0 bridgehead atoms. The first kappa shape index (κ1) is 12.4. The number of hydrogen-bond acceptors (Lipinski definition) is 2. The molecule has 0 fully saturated rings. The summed E-state index contributed by atoms with van der Waals surface area (Å²) in [7, 11) is 1.63. The van der Waals surface area contributed by atoms with Gasteiger partial charge in [0.2, 0.25) is 0 Å². The van der Waals surface area contributed by atoms with Crippen molar-refractivity contribution in [2.24, 2.45) is 0 Å². The molecule has 0 atom stereocenters. The third-order valence-corrected chi connectivity index (χ3v) is 2.84. The summed E-state index contributed by atoms with van der Waals surface area (Å²) in [6.07, 6.45) is 0.484. The van der Waals surface area contributed by atoms with Crippen molar-refractivity contribution in [3.8, 4) is 16.9 Å². The number of methoxy groups -OCH3 is 1. The molecule has 0 spiro atoms. The molecule has 0 aliphatic carbocycles. The second-order valence-electron chi connectivity index (χ2n) is 3.97. The van der Waals surface area contributed by atoms with E-state index < -0.39 is 0 Å². The highest BCUT2D eigenvalue weighted by molar-refractivity contribution is 6.01. The van der Waals surface area contributed by atoms with E-state index in [0.717, 1.165) is 16.9 Å². The first-order valence-corrected chi connectivity index (χ1v) is 5.94. The highest BCUT2D eigenvalue weighted by atomic mass is 16.5. The summed E-state index contributed by atoms with van der Waals surface area (Å²) < 4.78 is 5.21. The molecule has 0 unspecified atom stereocenters. The predicted octanol–water partition coefficient (Wildman–Crippen LogP) is 3.76. The Morgan fingerprint density at radius 1 is 1.28 bits per heavy atom. The monoisotopic (exact) mass is 239 g/mol. The topological polar surface area (TPSA) is 26.3 Å². The van der Waals surface area contributed by atoms with E-state index in [1.54, 1.807) is 13.2 Å². The van der Waals surface area contributed by atoms with E-state index in [1.165, 1.54) is 0 Å². The van der Waals surface area contributed by atoms with Gasteiger partial charge < -0.3 is 4.74 Å². The van der Waals surface area contributed by atoms with Crippen LogP contribution in [-0.2, 0) is 0 Å². The lowest BCUT2D eigenvalue weighted by molar-refractivity contribution is 0.0988. The summed E-state index contributed by atoms with van der Waals surface area (Å²) in [5.74, 6) is 0.889. The van der Waals surface area contributed by atoms with E-state index in [0.29, 0.717) is 12.0 Å². The van der Waals surface area contributed by atoms with Gasteiger partial charge in [-0.25, -0.2) is 0 Å². The van der Waals surface area contributed by atoms with Gasteiger partial charge in [0.15, 0.2) is 5.78 Å². The zero-order valence-corrected chi connectivity index (χ0v) is 10.6. The summed E-state index contributed by atoms with van der Waals surface area (Å²) in [4.78, 5) is 11.9. The minimum absolute atomic E-state index is 0.105. The maximum Gasteiger partial charge on any atom is 0.163 e. The molecular weight excluding hydrogens is 224 g/mol. The van der Waals surface area contributed by atoms with Crippen molar-refractivity contribution in [2.45, 2.75) is 13.3 Å². The van der Waals surface area contributed by atoms with Crippen LogP contribution in [0.3, 0.4) is 0 Å². The fourth-order valence-corrected chi connectivity index (χ4v) is 1.88. The SMILES string of the molecule is CCC(=O)c1[c]cccc1-c1cccc(OC)c1. The molecule has 0 saturated heterocycles. The van der Waals surface area contributed by atoms with E-state index in [-0.39, 0.29) is 5.78 Å². The average molecular weight is 239 g/mol. The van der Waals surface area contributed by atoms with Gasteiger partial charge >= 0.3 is 0 Å². The first-order chi connectivity index (χ1) is 8.76. The van der Waals surface area contributed by atoms with E-state index >= 15 is 0 Å². The lowest BCUT2D eigenvalue weighted by Crippen LogP contribution is -1.99. The van der Waals surface area contributed by atoms with Gasteiger partial charge in [0, 0.05) is 12.0 Å². The Labute approximate surface area is 107 Å². The van der Waals surface area contributed by atoms with Crippen molar-refractivity contribution in [1.29, 1.82) is 0 Å². The van der Waals surface area contributed by atoms with E-state index in [4.69, 9.17) is 4.74 Å². The van der Waals surface area contributed by atoms with Crippen LogP contribution in [0.15, 0.2) is 42.5 Å². The van der Waals surface area contributed by atoms with Crippen LogP contribution >= 0.6 is 0 Å². The Balaban J connectivity index is 2.53. The van der Waals surface area contributed by atoms with Crippen molar-refractivity contribution in [3.05, 3.63) is 54.1 Å². The molecule has 2 aromatic rings. The molecular formula is C16H15O2. The maximum atomic E-state index is 11.9. The van der Waals surface area contributed by atoms with Crippen molar-refractivity contribution in [3.63, 3.8) is 0 Å². The highest BCUT2D eigenvalue weighted by Gasteiger charge is 2.11. The predicted molar refractivity (Wildman–Crippen MR) is 71.9 cm³/mol. The van der Waals surface area contributed by atoms with Gasteiger partial charge in [-0.05, 0) is 29.3 Å². The summed E-state index contributed by atoms with van der Waals surface area (Å²) in [6.45, 7) is 1.86. The second kappa shape index (κ2) is 5.50. The molecule has 0 N–H and O–H groups in total. The number of rotatable bonds is 4. The molecule has 2 heteroatoms. The minimum Gasteiger partial charge on any atom is -0.497 e. The standard InChI is InChI=1S/C16H15O2/c1-3-16(17)15-10-5-4-9-14(15)12-7-6-8-13(11-12)18-2/h4-9,11H,3H2,1-2H3. The maximum absolute atomic E-state index is 11.9. The Kier molecular flexibility index (Phi) is 3.78. The van der Waals surface area contributed by atoms with Gasteiger partial charge in [-0.15, -0.1) is 0 Å². The van der Waals surface area contributed by atoms with Gasteiger partial charge in [0.1, 0.15) is 5.75 Å². The molecule has 0 aliphatic rings. The quantitative estimate of drug-likeness (QED) is 0.759. The van der Waals surface area contributed by atoms with Crippen molar-refractivity contribution >= 4 is 5.78 Å². The van der Waals surface area contributed by atoms with E-state index in [2.05, 4.69) is 6.07 Å². The Morgan fingerprint density at radius 3 is 2.83 bits per heavy atom. The summed E-state index contributed by atoms with van der Waals surface area (Å²) in [5.41, 5.74) is 2.53. The number of hydrogen-bond donors (Lipinski definition) is 0. The van der Waals surface area contributed by atoms with Gasteiger partial charge in [-0.2, -0.15) is 0 Å². The third-order valence-electron chi connectivity index (χ3n) is 2.84. The number of Topliss-reactive ketones (excluding diaryl/α,β-unsaturated/α-hetero) is 1. The van der Waals surface area contributed by atoms with Crippen molar-refractivity contribution < 1.29 is 9.53 Å². The molecule has 91 valence electrons. The van der Waals surface area contributed by atoms with Crippen LogP contribution < -0.4 is 4.74 Å². The molecule has 2 rings (SSSR count). The van der Waals surface area contributed by atoms with E-state index in [1.807, 2.05) is 43.3 Å². The molecule has 2 aromatic carbocycles. The number of ketones is 1. The van der Waals surface area contributed by atoms with E-state index in [9.17, 15) is 4.79 Å². The van der Waals surface area contributed by atoms with Gasteiger partial charge in [0.25, 0.3) is 0 Å². The van der Waals surface area contributed by atoms with Crippen LogP contribution in [0.2, 0.25) is 0 Å². The van der Waals surface area contributed by atoms with Crippen LogP contribution in [0.1, 0.15) is 23.7 Å². The van der Waals surface area contributed by atoms with Crippen molar-refractivity contribution in [2.75, 3.05) is 7.11 Å². The molecule has 0 heterocycles. The molecule has 0 amide bonds. The van der Waals surface area contributed by atoms with Gasteiger partial charge in [0.05, 0.1) is 7.11 Å². The van der Waals surface area contributed by atoms with Crippen LogP contribution in [0, 0.1) is 6.07 Å². The summed E-state index contributed by atoms with van der Waals surface area (Å²) in [6, 6.07) is 16.3. The van der Waals surface area contributed by atoms with Gasteiger partial charge in [-0.3, -0.25) is 4.79 Å². The number of carbonyl (C=O) groups excluding carboxylic acids is 1. The second-order valence-corrected chi connectivity index (χ2v) is 3.97. The zero-order chi connectivity index (χ0) is 13.0. The fourth-order valence-electron chi connectivity index (χ4n) is 1.88. The smallest absolute Gasteiger partial charge is 0.163 e. The summed E-state index contributed by atoms with van der Waals surface area (Å²) in [5, 5.41) is 0. The highest BCUT2D eigenvalue weighted by Crippen LogP contribution is 2.27. The number of ether oxygens (including phenoxy) is 1. The Bertz CT molecular complexity index is 559. The lowest BCUT2D eigenvalue weighted by atomic mass is 9.96. The van der Waals surface area contributed by atoms with Crippen molar-refractivity contribution in [1.82, 2.24) is 0 Å². The Hall–Kier alpha value is -2.09. The largest absolute Gasteiger partial charge is 0.497 e. The van der Waals surface area contributed by atoms with Crippen LogP contribution in [0.25, 0.3) is 11.1 Å². The molecule has 0 aliphatic heterocycles. The third kappa shape index (κ3) is 2.43. The number of carbonyl (C=O) groups is 1. The zero-order valence-electron chi connectivity index (χ0n) is 10.6. The van der Waals surface area contributed by atoms with Crippen LogP contribution in [0.4, 0.5) is 0 Å². The average Bonchev–Trinajstić information content (AvgIpc) is 2.46. The lowest BCUT2D eigenvalue weighted by Gasteiger charge is -2.09. The first-order valence-electron chi connectivity index (χ1n) is 5.94. The van der Waals surface area contributed by atoms with Crippen LogP contribution in [-0.4, -0.2) is 12.9 Å². The minimum atomic E-state index is 0.105. The molecule has 18 heavy (non-hydrogen) atoms. The Morgan fingerprint density at radius 2 is 2.11 bits per heavy atom. The summed E-state index contributed by atoms with van der Waals surface area (Å²) >= 11 is 0. The van der Waals surface area contributed by atoms with Gasteiger partial charge in [-0.1, -0.05) is 37.3 Å². The molecule has 0 aromatic heterocycles. The number of benzene rings is 2. The fraction of sp³-hybridized carbons (Fsp3) is 0.188.